The van der Waals surface area contributed by atoms with Gasteiger partial charge in [-0.15, -0.1) is 11.3 Å². The number of hydrogen-bond donors (Lipinski definition) is 1. The number of aromatic hydroxyl groups is 1. The van der Waals surface area contributed by atoms with Crippen molar-refractivity contribution in [2.24, 2.45) is 0 Å². The number of benzene rings is 1. The molecular weight excluding hydrogens is 215 g/mol. The van der Waals surface area contributed by atoms with E-state index in [9.17, 15) is 5.11 Å². The summed E-state index contributed by atoms with van der Waals surface area (Å²) in [7, 11) is 0. The quantitative estimate of drug-likeness (QED) is 0.711. The van der Waals surface area contributed by atoms with Crippen LogP contribution in [-0.2, 0) is 0 Å². The van der Waals surface area contributed by atoms with Gasteiger partial charge in [0.1, 0.15) is 5.75 Å². The van der Waals surface area contributed by atoms with Gasteiger partial charge >= 0.3 is 0 Å². The molecule has 0 unspecified atom stereocenters. The van der Waals surface area contributed by atoms with Crippen LogP contribution < -0.4 is 0 Å². The van der Waals surface area contributed by atoms with Gasteiger partial charge in [0, 0.05) is 15.1 Å². The molecule has 2 aromatic rings. The Labute approximate surface area is 83.2 Å². The van der Waals surface area contributed by atoms with E-state index in [1.165, 1.54) is 17.4 Å². The van der Waals surface area contributed by atoms with Gasteiger partial charge in [-0.1, -0.05) is 23.2 Å². The maximum Gasteiger partial charge on any atom is 0.125 e. The second kappa shape index (κ2) is 2.80. The molecule has 0 aliphatic carbocycles. The largest absolute Gasteiger partial charge is 0.507 e. The van der Waals surface area contributed by atoms with Crippen LogP contribution in [0.4, 0.5) is 0 Å². The van der Waals surface area contributed by atoms with E-state index in [4.69, 9.17) is 23.2 Å². The average Bonchev–Trinajstić information content (AvgIpc) is 2.29. The summed E-state index contributed by atoms with van der Waals surface area (Å²) in [5.41, 5.74) is 0. The van der Waals surface area contributed by atoms with Gasteiger partial charge in [-0.25, -0.2) is 0 Å². The highest BCUT2D eigenvalue weighted by Crippen LogP contribution is 2.36. The lowest BCUT2D eigenvalue weighted by molar-refractivity contribution is 0.482. The van der Waals surface area contributed by atoms with Gasteiger partial charge < -0.3 is 5.11 Å². The molecule has 2 rings (SSSR count). The topological polar surface area (TPSA) is 20.2 Å². The van der Waals surface area contributed by atoms with E-state index < -0.39 is 0 Å². The zero-order valence-electron chi connectivity index (χ0n) is 5.84. The maximum absolute atomic E-state index is 9.43. The Bertz CT molecular complexity index is 436. The monoisotopic (exact) mass is 218 g/mol. The lowest BCUT2D eigenvalue weighted by atomic mass is 10.2. The standard InChI is InChI=1S/C8H4Cl2OS/c9-4-1-6(11)5-3-8(10)12-7(5)2-4/h1-3,11H. The fraction of sp³-hybridized carbons (Fsp3) is 0. The minimum Gasteiger partial charge on any atom is -0.507 e. The van der Waals surface area contributed by atoms with E-state index in [0.717, 1.165) is 10.1 Å². The molecule has 4 heteroatoms. The normalized spacial score (nSPS) is 10.8. The second-order valence-electron chi connectivity index (χ2n) is 2.39. The third-order valence-electron chi connectivity index (χ3n) is 1.55. The van der Waals surface area contributed by atoms with Gasteiger partial charge in [-0.3, -0.25) is 0 Å². The van der Waals surface area contributed by atoms with Crippen LogP contribution in [0.5, 0.6) is 5.75 Å². The molecular formula is C8H4Cl2OS. The van der Waals surface area contributed by atoms with Crippen molar-refractivity contribution >= 4 is 44.6 Å². The Morgan fingerprint density at radius 3 is 2.67 bits per heavy atom. The number of halogens is 2. The summed E-state index contributed by atoms with van der Waals surface area (Å²) in [6, 6.07) is 5.02. The number of phenols is 1. The van der Waals surface area contributed by atoms with Crippen molar-refractivity contribution in [3.8, 4) is 5.75 Å². The molecule has 0 spiro atoms. The Kier molecular flexibility index (Phi) is 1.91. The number of phenolic OH excluding ortho intramolecular Hbond substituents is 1. The molecule has 0 atom stereocenters. The highest BCUT2D eigenvalue weighted by Gasteiger charge is 2.05. The zero-order chi connectivity index (χ0) is 8.72. The summed E-state index contributed by atoms with van der Waals surface area (Å²) in [5.74, 6) is 0.181. The van der Waals surface area contributed by atoms with Crippen LogP contribution in [0, 0.1) is 0 Å². The smallest absolute Gasteiger partial charge is 0.125 e. The fourth-order valence-corrected chi connectivity index (χ4v) is 2.54. The third-order valence-corrected chi connectivity index (χ3v) is 2.98. The third kappa shape index (κ3) is 1.26. The van der Waals surface area contributed by atoms with Crippen molar-refractivity contribution < 1.29 is 5.11 Å². The lowest BCUT2D eigenvalue weighted by Gasteiger charge is -1.94. The molecule has 0 amide bonds. The number of fused-ring (bicyclic) bond motifs is 1. The van der Waals surface area contributed by atoms with Crippen LogP contribution in [0.15, 0.2) is 18.2 Å². The minimum absolute atomic E-state index is 0.181. The molecule has 1 aromatic carbocycles. The van der Waals surface area contributed by atoms with Crippen LogP contribution in [0.2, 0.25) is 9.36 Å². The van der Waals surface area contributed by atoms with Crippen molar-refractivity contribution in [3.05, 3.63) is 27.6 Å². The van der Waals surface area contributed by atoms with Crippen molar-refractivity contribution in [1.29, 1.82) is 0 Å². The Morgan fingerprint density at radius 2 is 1.92 bits per heavy atom. The Hall–Kier alpha value is -0.440. The molecule has 12 heavy (non-hydrogen) atoms. The summed E-state index contributed by atoms with van der Waals surface area (Å²) < 4.78 is 1.56. The Balaban J connectivity index is 2.88. The predicted octanol–water partition coefficient (Wildman–Crippen LogP) is 3.91. The molecule has 1 heterocycles. The first-order valence-corrected chi connectivity index (χ1v) is 4.81. The first kappa shape index (κ1) is 8.17. The van der Waals surface area contributed by atoms with Gasteiger partial charge in [-0.2, -0.15) is 0 Å². The maximum atomic E-state index is 9.43. The van der Waals surface area contributed by atoms with E-state index >= 15 is 0 Å². The van der Waals surface area contributed by atoms with E-state index in [-0.39, 0.29) is 5.75 Å². The second-order valence-corrected chi connectivity index (χ2v) is 4.54. The SMILES string of the molecule is Oc1cc(Cl)cc2sc(Cl)cc12. The summed E-state index contributed by atoms with van der Waals surface area (Å²) in [5, 5.41) is 10.7. The Morgan fingerprint density at radius 1 is 1.17 bits per heavy atom. The van der Waals surface area contributed by atoms with Crippen molar-refractivity contribution in [2.75, 3.05) is 0 Å². The minimum atomic E-state index is 0.181. The molecule has 62 valence electrons. The van der Waals surface area contributed by atoms with Crippen molar-refractivity contribution in [3.63, 3.8) is 0 Å². The highest BCUT2D eigenvalue weighted by molar-refractivity contribution is 7.22. The van der Waals surface area contributed by atoms with E-state index in [1.807, 2.05) is 0 Å². The van der Waals surface area contributed by atoms with E-state index in [2.05, 4.69) is 0 Å². The molecule has 0 saturated heterocycles. The molecule has 0 fully saturated rings. The summed E-state index contributed by atoms with van der Waals surface area (Å²) >= 11 is 12.9. The van der Waals surface area contributed by atoms with Gasteiger partial charge in [0.05, 0.1) is 4.34 Å². The van der Waals surface area contributed by atoms with Crippen molar-refractivity contribution in [2.45, 2.75) is 0 Å². The van der Waals surface area contributed by atoms with E-state index in [0.29, 0.717) is 9.36 Å². The predicted molar refractivity (Wildman–Crippen MR) is 53.5 cm³/mol. The molecule has 0 aliphatic rings. The zero-order valence-corrected chi connectivity index (χ0v) is 8.17. The lowest BCUT2D eigenvalue weighted by Crippen LogP contribution is -1.66. The van der Waals surface area contributed by atoms with Gasteiger partial charge in [-0.05, 0) is 18.2 Å². The molecule has 1 N–H and O–H groups in total. The highest BCUT2D eigenvalue weighted by atomic mass is 35.5. The molecule has 1 nitrogen and oxygen atoms in total. The first-order chi connectivity index (χ1) is 5.66. The van der Waals surface area contributed by atoms with Gasteiger partial charge in [0.15, 0.2) is 0 Å². The van der Waals surface area contributed by atoms with E-state index in [1.54, 1.807) is 12.1 Å². The first-order valence-electron chi connectivity index (χ1n) is 3.24. The molecule has 0 saturated carbocycles. The van der Waals surface area contributed by atoms with Gasteiger partial charge in [0.2, 0.25) is 0 Å². The summed E-state index contributed by atoms with van der Waals surface area (Å²) in [6.07, 6.45) is 0. The number of rotatable bonds is 0. The summed E-state index contributed by atoms with van der Waals surface area (Å²) in [6.45, 7) is 0. The van der Waals surface area contributed by atoms with Crippen LogP contribution in [0.25, 0.3) is 10.1 Å². The van der Waals surface area contributed by atoms with Crippen LogP contribution in [-0.4, -0.2) is 5.11 Å². The average molecular weight is 219 g/mol. The number of hydrogen-bond acceptors (Lipinski definition) is 2. The van der Waals surface area contributed by atoms with Crippen LogP contribution >= 0.6 is 34.5 Å². The van der Waals surface area contributed by atoms with Crippen molar-refractivity contribution in [1.82, 2.24) is 0 Å². The summed E-state index contributed by atoms with van der Waals surface area (Å²) in [4.78, 5) is 0. The molecule has 0 radical (unpaired) electrons. The van der Waals surface area contributed by atoms with Gasteiger partial charge in [0.25, 0.3) is 0 Å². The molecule has 1 aromatic heterocycles. The molecule has 0 aliphatic heterocycles. The fourth-order valence-electron chi connectivity index (χ4n) is 1.06. The van der Waals surface area contributed by atoms with Crippen LogP contribution in [0.3, 0.4) is 0 Å². The van der Waals surface area contributed by atoms with Crippen LogP contribution in [0.1, 0.15) is 0 Å². The number of thiophene rings is 1. The molecule has 0 bridgehead atoms.